The van der Waals surface area contributed by atoms with Crippen molar-refractivity contribution in [3.8, 4) is 0 Å². The first-order valence-electron chi connectivity index (χ1n) is 9.51. The highest BCUT2D eigenvalue weighted by molar-refractivity contribution is 6.01. The molecule has 6 rings (SSSR count). The van der Waals surface area contributed by atoms with Gasteiger partial charge in [-0.25, -0.2) is 0 Å². The minimum atomic E-state index is -1.18. The number of esters is 3. The van der Waals surface area contributed by atoms with Crippen molar-refractivity contribution in [2.75, 3.05) is 0 Å². The Kier molecular flexibility index (Phi) is 2.46. The number of carbonyl (C=O) groups excluding carboxylic acids is 3. The summed E-state index contributed by atoms with van der Waals surface area (Å²) in [6, 6.07) is 1.78. The van der Waals surface area contributed by atoms with Crippen LogP contribution in [0.2, 0.25) is 0 Å². The van der Waals surface area contributed by atoms with Crippen LogP contribution in [-0.4, -0.2) is 29.6 Å². The summed E-state index contributed by atoms with van der Waals surface area (Å²) in [5, 5.41) is 0. The SMILES string of the molecule is CC1CCC23C(=O)OC4CC2(OC(=O)C43C)C12CC(c1ccoc1)OC2=O. The van der Waals surface area contributed by atoms with Crippen molar-refractivity contribution in [2.24, 2.45) is 22.2 Å². The van der Waals surface area contributed by atoms with E-state index in [-0.39, 0.29) is 11.9 Å². The molecule has 4 heterocycles. The maximum absolute atomic E-state index is 13.4. The lowest BCUT2D eigenvalue weighted by atomic mass is 9.46. The first-order valence-corrected chi connectivity index (χ1v) is 9.51. The second-order valence-corrected chi connectivity index (χ2v) is 8.99. The minimum Gasteiger partial charge on any atom is -0.472 e. The van der Waals surface area contributed by atoms with Gasteiger partial charge in [-0.2, -0.15) is 0 Å². The van der Waals surface area contributed by atoms with Crippen molar-refractivity contribution < 1.29 is 33.0 Å². The Morgan fingerprint density at radius 3 is 2.63 bits per heavy atom. The quantitative estimate of drug-likeness (QED) is 0.552. The molecule has 0 aromatic carbocycles. The van der Waals surface area contributed by atoms with Crippen LogP contribution in [0.4, 0.5) is 0 Å². The molecule has 2 spiro atoms. The van der Waals surface area contributed by atoms with E-state index in [4.69, 9.17) is 18.6 Å². The second-order valence-electron chi connectivity index (χ2n) is 8.99. The zero-order chi connectivity index (χ0) is 18.8. The van der Waals surface area contributed by atoms with Crippen LogP contribution in [0.1, 0.15) is 51.2 Å². The molecular weight excluding hydrogens is 352 g/mol. The number of hydrogen-bond donors (Lipinski definition) is 0. The predicted octanol–water partition coefficient (Wildman–Crippen LogP) is 2.30. The van der Waals surface area contributed by atoms with Crippen LogP contribution in [0.5, 0.6) is 0 Å². The van der Waals surface area contributed by atoms with Crippen LogP contribution in [0.3, 0.4) is 0 Å². The highest BCUT2D eigenvalue weighted by Crippen LogP contribution is 2.81. The molecule has 2 saturated carbocycles. The van der Waals surface area contributed by atoms with Gasteiger partial charge in [0, 0.05) is 18.4 Å². The van der Waals surface area contributed by atoms with Crippen LogP contribution in [-0.2, 0) is 28.6 Å². The Hall–Kier alpha value is -2.31. The molecule has 5 fully saturated rings. The van der Waals surface area contributed by atoms with Crippen LogP contribution >= 0.6 is 0 Å². The smallest absolute Gasteiger partial charge is 0.317 e. The fourth-order valence-corrected chi connectivity index (χ4v) is 7.12. The molecule has 27 heavy (non-hydrogen) atoms. The van der Waals surface area contributed by atoms with Gasteiger partial charge in [-0.15, -0.1) is 0 Å². The molecule has 7 nitrogen and oxygen atoms in total. The van der Waals surface area contributed by atoms with Crippen LogP contribution in [0.15, 0.2) is 23.0 Å². The summed E-state index contributed by atoms with van der Waals surface area (Å²) in [4.78, 5) is 39.4. The molecule has 7 heteroatoms. The van der Waals surface area contributed by atoms with E-state index >= 15 is 0 Å². The van der Waals surface area contributed by atoms with Gasteiger partial charge >= 0.3 is 17.9 Å². The second kappa shape index (κ2) is 4.23. The Labute approximate surface area is 155 Å². The number of hydrogen-bond acceptors (Lipinski definition) is 7. The van der Waals surface area contributed by atoms with E-state index in [1.807, 2.05) is 6.92 Å². The van der Waals surface area contributed by atoms with Gasteiger partial charge < -0.3 is 18.6 Å². The summed E-state index contributed by atoms with van der Waals surface area (Å²) in [5.74, 6) is -1.26. The van der Waals surface area contributed by atoms with E-state index in [1.165, 1.54) is 0 Å². The van der Waals surface area contributed by atoms with Crippen molar-refractivity contribution in [3.63, 3.8) is 0 Å². The molecule has 7 unspecified atom stereocenters. The summed E-state index contributed by atoms with van der Waals surface area (Å²) in [6.45, 7) is 3.78. The summed E-state index contributed by atoms with van der Waals surface area (Å²) in [6.07, 6.45) is 3.99. The van der Waals surface area contributed by atoms with Gasteiger partial charge in [0.1, 0.15) is 34.1 Å². The molecule has 4 bridgehead atoms. The lowest BCUT2D eigenvalue weighted by Crippen LogP contribution is -2.67. The molecule has 3 saturated heterocycles. The lowest BCUT2D eigenvalue weighted by Gasteiger charge is -2.55. The topological polar surface area (TPSA) is 92.0 Å². The van der Waals surface area contributed by atoms with E-state index in [1.54, 1.807) is 25.5 Å². The van der Waals surface area contributed by atoms with E-state index < -0.39 is 46.0 Å². The van der Waals surface area contributed by atoms with E-state index in [0.717, 1.165) is 5.56 Å². The molecule has 5 aliphatic rings. The van der Waals surface area contributed by atoms with E-state index in [0.29, 0.717) is 25.7 Å². The first-order chi connectivity index (χ1) is 12.8. The largest absolute Gasteiger partial charge is 0.472 e. The van der Waals surface area contributed by atoms with Crippen LogP contribution in [0, 0.1) is 22.2 Å². The predicted molar refractivity (Wildman–Crippen MR) is 86.8 cm³/mol. The molecule has 2 aliphatic carbocycles. The number of rotatable bonds is 1. The Bertz CT molecular complexity index is 905. The summed E-state index contributed by atoms with van der Waals surface area (Å²) >= 11 is 0. The van der Waals surface area contributed by atoms with Crippen LogP contribution in [0.25, 0.3) is 0 Å². The zero-order valence-corrected chi connectivity index (χ0v) is 15.2. The molecule has 7 atom stereocenters. The van der Waals surface area contributed by atoms with Crippen molar-refractivity contribution in [2.45, 2.75) is 57.3 Å². The van der Waals surface area contributed by atoms with Gasteiger partial charge in [0.15, 0.2) is 0 Å². The third-order valence-corrected chi connectivity index (χ3v) is 8.53. The maximum Gasteiger partial charge on any atom is 0.317 e. The molecule has 0 radical (unpaired) electrons. The van der Waals surface area contributed by atoms with Crippen molar-refractivity contribution in [3.05, 3.63) is 24.2 Å². The minimum absolute atomic E-state index is 0.0742. The first kappa shape index (κ1) is 15.7. The summed E-state index contributed by atoms with van der Waals surface area (Å²) in [7, 11) is 0. The van der Waals surface area contributed by atoms with Gasteiger partial charge in [-0.1, -0.05) is 6.92 Å². The molecule has 0 amide bonds. The summed E-state index contributed by atoms with van der Waals surface area (Å²) in [5.41, 5.74) is -3.57. The number of cyclic esters (lactones) is 1. The van der Waals surface area contributed by atoms with E-state index in [9.17, 15) is 14.4 Å². The summed E-state index contributed by atoms with van der Waals surface area (Å²) < 4.78 is 22.6. The fourth-order valence-electron chi connectivity index (χ4n) is 7.12. The zero-order valence-electron chi connectivity index (χ0n) is 15.2. The number of furan rings is 1. The van der Waals surface area contributed by atoms with Crippen LogP contribution < -0.4 is 0 Å². The Morgan fingerprint density at radius 1 is 1.07 bits per heavy atom. The molecule has 1 aromatic rings. The van der Waals surface area contributed by atoms with Gasteiger partial charge in [-0.3, -0.25) is 14.4 Å². The standard InChI is InChI=1S/C20H20O7/c1-10-3-5-19-16(23)26-13-8-20(19,27-14(21)17(13,19)2)18(10)7-12(25-15(18)22)11-4-6-24-9-11/h4,6,9-10,12-13H,3,5,7-8H2,1-2H3. The third kappa shape index (κ3) is 1.24. The van der Waals surface area contributed by atoms with Gasteiger partial charge in [-0.05, 0) is 31.7 Å². The monoisotopic (exact) mass is 372 g/mol. The maximum atomic E-state index is 13.4. The Balaban J connectivity index is 1.58. The average molecular weight is 372 g/mol. The highest BCUT2D eigenvalue weighted by Gasteiger charge is 2.95. The van der Waals surface area contributed by atoms with Crippen molar-refractivity contribution in [1.82, 2.24) is 0 Å². The normalized spacial score (nSPS) is 52.1. The highest BCUT2D eigenvalue weighted by atomic mass is 16.6. The molecule has 142 valence electrons. The number of ether oxygens (including phenoxy) is 3. The molecular formula is C20H20O7. The lowest BCUT2D eigenvalue weighted by molar-refractivity contribution is -0.229. The number of carbonyl (C=O) groups is 3. The average Bonchev–Trinajstić information content (AvgIpc) is 3.36. The molecule has 0 N–H and O–H groups in total. The van der Waals surface area contributed by atoms with Gasteiger partial charge in [0.25, 0.3) is 0 Å². The van der Waals surface area contributed by atoms with E-state index in [2.05, 4.69) is 0 Å². The molecule has 3 aliphatic heterocycles. The van der Waals surface area contributed by atoms with Crippen molar-refractivity contribution in [1.29, 1.82) is 0 Å². The van der Waals surface area contributed by atoms with Gasteiger partial charge in [0.05, 0.1) is 12.5 Å². The Morgan fingerprint density at radius 2 is 1.89 bits per heavy atom. The fraction of sp³-hybridized carbons (Fsp3) is 0.650. The van der Waals surface area contributed by atoms with Gasteiger partial charge in [0.2, 0.25) is 0 Å². The molecule has 1 aromatic heterocycles. The van der Waals surface area contributed by atoms with Crippen molar-refractivity contribution >= 4 is 17.9 Å². The third-order valence-electron chi connectivity index (χ3n) is 8.53.